The van der Waals surface area contributed by atoms with Gasteiger partial charge in [-0.3, -0.25) is 4.79 Å². The van der Waals surface area contributed by atoms with Crippen LogP contribution in [-0.2, 0) is 14.8 Å². The van der Waals surface area contributed by atoms with Gasteiger partial charge in [-0.2, -0.15) is 4.72 Å². The summed E-state index contributed by atoms with van der Waals surface area (Å²) >= 11 is 0. The lowest BCUT2D eigenvalue weighted by molar-refractivity contribution is -0.117. The van der Waals surface area contributed by atoms with Gasteiger partial charge in [-0.25, -0.2) is 8.42 Å². The zero-order chi connectivity index (χ0) is 21.1. The van der Waals surface area contributed by atoms with Gasteiger partial charge < -0.3 is 10.1 Å². The second-order valence-electron chi connectivity index (χ2n) is 7.22. The fourth-order valence-corrected chi connectivity index (χ4v) is 4.13. The number of carbonyl (C=O) groups excluding carboxylic acids is 1. The Hall–Kier alpha value is -2.38. The first-order valence-electron chi connectivity index (χ1n) is 9.13. The lowest BCUT2D eigenvalue weighted by Gasteiger charge is -2.18. The first-order valence-corrected chi connectivity index (χ1v) is 10.6. The third kappa shape index (κ3) is 5.11. The second-order valence-corrected chi connectivity index (χ2v) is 8.90. The van der Waals surface area contributed by atoms with Crippen LogP contribution in [0.15, 0.2) is 41.3 Å². The highest BCUT2D eigenvalue weighted by molar-refractivity contribution is 7.89. The zero-order valence-electron chi connectivity index (χ0n) is 17.2. The quantitative estimate of drug-likeness (QED) is 0.736. The number of benzene rings is 2. The van der Waals surface area contributed by atoms with Gasteiger partial charge in [0.1, 0.15) is 10.6 Å². The number of methoxy groups -OCH3 is 1. The summed E-state index contributed by atoms with van der Waals surface area (Å²) in [5.41, 5.74) is 3.44. The molecule has 0 saturated heterocycles. The summed E-state index contributed by atoms with van der Waals surface area (Å²) in [5.74, 6) is -0.0415. The van der Waals surface area contributed by atoms with Crippen LogP contribution < -0.4 is 14.8 Å². The molecule has 7 heteroatoms. The molecule has 2 rings (SSSR count). The van der Waals surface area contributed by atoms with Crippen LogP contribution in [0.2, 0.25) is 0 Å². The number of nitrogens with one attached hydrogen (secondary N) is 2. The van der Waals surface area contributed by atoms with Crippen LogP contribution in [0.3, 0.4) is 0 Å². The van der Waals surface area contributed by atoms with Gasteiger partial charge in [0, 0.05) is 5.69 Å². The predicted molar refractivity (Wildman–Crippen MR) is 111 cm³/mol. The highest BCUT2D eigenvalue weighted by atomic mass is 32.2. The molecule has 1 unspecified atom stereocenters. The van der Waals surface area contributed by atoms with Crippen molar-refractivity contribution < 1.29 is 17.9 Å². The molecule has 0 saturated carbocycles. The minimum atomic E-state index is -3.95. The van der Waals surface area contributed by atoms with Crippen molar-refractivity contribution in [1.82, 2.24) is 4.72 Å². The van der Waals surface area contributed by atoms with E-state index in [0.717, 1.165) is 16.7 Å². The Bertz CT molecular complexity index is 968. The van der Waals surface area contributed by atoms with Crippen molar-refractivity contribution >= 4 is 21.6 Å². The van der Waals surface area contributed by atoms with E-state index in [2.05, 4.69) is 10.0 Å². The number of carbonyl (C=O) groups is 1. The van der Waals surface area contributed by atoms with Crippen molar-refractivity contribution in [2.24, 2.45) is 0 Å². The molecule has 2 N–H and O–H groups in total. The summed E-state index contributed by atoms with van der Waals surface area (Å²) in [7, 11) is -2.53. The Morgan fingerprint density at radius 2 is 1.71 bits per heavy atom. The smallest absolute Gasteiger partial charge is 0.244 e. The van der Waals surface area contributed by atoms with E-state index in [-0.39, 0.29) is 16.6 Å². The normalized spacial score (nSPS) is 12.7. The maximum absolute atomic E-state index is 12.9. The van der Waals surface area contributed by atoms with E-state index < -0.39 is 22.0 Å². The molecule has 0 aliphatic heterocycles. The summed E-state index contributed by atoms with van der Waals surface area (Å²) in [6, 6.07) is 9.79. The summed E-state index contributed by atoms with van der Waals surface area (Å²) in [5, 5.41) is 2.79. The molecule has 1 amide bonds. The maximum Gasteiger partial charge on any atom is 0.244 e. The molecular formula is C21H28N2O4S. The number of ether oxygens (including phenoxy) is 1. The fraction of sp³-hybridized carbons (Fsp3) is 0.381. The monoisotopic (exact) mass is 404 g/mol. The van der Waals surface area contributed by atoms with Crippen molar-refractivity contribution in [1.29, 1.82) is 0 Å². The van der Waals surface area contributed by atoms with E-state index in [9.17, 15) is 13.2 Å². The molecule has 152 valence electrons. The Morgan fingerprint density at radius 3 is 2.32 bits per heavy atom. The molecule has 0 heterocycles. The van der Waals surface area contributed by atoms with Crippen LogP contribution in [-0.4, -0.2) is 27.5 Å². The van der Waals surface area contributed by atoms with Gasteiger partial charge in [0.05, 0.1) is 13.2 Å². The molecule has 6 nitrogen and oxygen atoms in total. The number of sulfonamides is 1. The van der Waals surface area contributed by atoms with Gasteiger partial charge in [-0.1, -0.05) is 32.0 Å². The number of hydrogen-bond acceptors (Lipinski definition) is 4. The average Bonchev–Trinajstić information content (AvgIpc) is 2.63. The SMILES string of the molecule is COc1ccc(C(C)C)cc1S(=O)(=O)NC(C)C(=O)Nc1cc(C)ccc1C. The van der Waals surface area contributed by atoms with Crippen molar-refractivity contribution in [3.05, 3.63) is 53.1 Å². The molecule has 0 spiro atoms. The van der Waals surface area contributed by atoms with E-state index in [1.807, 2.05) is 52.0 Å². The third-order valence-corrected chi connectivity index (χ3v) is 6.08. The summed E-state index contributed by atoms with van der Waals surface area (Å²) in [6.45, 7) is 9.27. The van der Waals surface area contributed by atoms with Gasteiger partial charge in [0.25, 0.3) is 0 Å². The molecule has 28 heavy (non-hydrogen) atoms. The molecule has 0 fully saturated rings. The van der Waals surface area contributed by atoms with E-state index in [4.69, 9.17) is 4.74 Å². The van der Waals surface area contributed by atoms with Crippen molar-refractivity contribution in [3.63, 3.8) is 0 Å². The van der Waals surface area contributed by atoms with E-state index in [1.54, 1.807) is 12.1 Å². The Morgan fingerprint density at radius 1 is 1.04 bits per heavy atom. The molecule has 2 aromatic carbocycles. The van der Waals surface area contributed by atoms with Gasteiger partial charge in [0.15, 0.2) is 0 Å². The van der Waals surface area contributed by atoms with Crippen molar-refractivity contribution in [2.75, 3.05) is 12.4 Å². The van der Waals surface area contributed by atoms with Crippen LogP contribution >= 0.6 is 0 Å². The molecule has 0 aromatic heterocycles. The van der Waals surface area contributed by atoms with E-state index in [1.165, 1.54) is 14.0 Å². The minimum absolute atomic E-state index is 0.0209. The maximum atomic E-state index is 12.9. The summed E-state index contributed by atoms with van der Waals surface area (Å²) < 4.78 is 33.5. The molecule has 0 aliphatic carbocycles. The molecule has 2 aromatic rings. The minimum Gasteiger partial charge on any atom is -0.495 e. The Kier molecular flexibility index (Phi) is 6.85. The predicted octanol–water partition coefficient (Wildman–Crippen LogP) is 3.74. The van der Waals surface area contributed by atoms with Crippen LogP contribution in [0, 0.1) is 13.8 Å². The number of anilines is 1. The molecule has 0 bridgehead atoms. The third-order valence-electron chi connectivity index (χ3n) is 4.52. The van der Waals surface area contributed by atoms with Crippen LogP contribution in [0.5, 0.6) is 5.75 Å². The van der Waals surface area contributed by atoms with Crippen molar-refractivity contribution in [3.8, 4) is 5.75 Å². The fourth-order valence-electron chi connectivity index (χ4n) is 2.72. The van der Waals surface area contributed by atoms with E-state index >= 15 is 0 Å². The lowest BCUT2D eigenvalue weighted by atomic mass is 10.0. The zero-order valence-corrected chi connectivity index (χ0v) is 18.0. The van der Waals surface area contributed by atoms with Gasteiger partial charge in [-0.05, 0) is 61.6 Å². The van der Waals surface area contributed by atoms with Gasteiger partial charge in [-0.15, -0.1) is 0 Å². The Labute approximate surface area is 167 Å². The van der Waals surface area contributed by atoms with Gasteiger partial charge >= 0.3 is 0 Å². The topological polar surface area (TPSA) is 84.5 Å². The van der Waals surface area contributed by atoms with Crippen LogP contribution in [0.1, 0.15) is 43.4 Å². The first-order chi connectivity index (χ1) is 13.0. The molecule has 1 atom stereocenters. The standard InChI is InChI=1S/C21H28N2O4S/c1-13(2)17-9-10-19(27-6)20(12-17)28(25,26)23-16(5)21(24)22-18-11-14(3)7-8-15(18)4/h7-13,16,23H,1-6H3,(H,22,24). The average molecular weight is 405 g/mol. The Balaban J connectivity index is 2.24. The van der Waals surface area contributed by atoms with Crippen LogP contribution in [0.4, 0.5) is 5.69 Å². The number of rotatable bonds is 7. The molecule has 0 radical (unpaired) electrons. The van der Waals surface area contributed by atoms with Gasteiger partial charge in [0.2, 0.25) is 15.9 Å². The molecule has 0 aliphatic rings. The number of amides is 1. The highest BCUT2D eigenvalue weighted by Crippen LogP contribution is 2.28. The molecular weight excluding hydrogens is 376 g/mol. The number of hydrogen-bond donors (Lipinski definition) is 2. The number of aryl methyl sites for hydroxylation is 2. The largest absolute Gasteiger partial charge is 0.495 e. The van der Waals surface area contributed by atoms with E-state index in [0.29, 0.717) is 5.69 Å². The summed E-state index contributed by atoms with van der Waals surface area (Å²) in [4.78, 5) is 12.6. The van der Waals surface area contributed by atoms with Crippen LogP contribution in [0.25, 0.3) is 0 Å². The first kappa shape index (κ1) is 21.9. The lowest BCUT2D eigenvalue weighted by Crippen LogP contribution is -2.41. The van der Waals surface area contributed by atoms with Crippen molar-refractivity contribution in [2.45, 2.75) is 51.5 Å². The summed E-state index contributed by atoms with van der Waals surface area (Å²) in [6.07, 6.45) is 0. The highest BCUT2D eigenvalue weighted by Gasteiger charge is 2.26. The second kappa shape index (κ2) is 8.75.